The number of H-pyrrole nitrogens is 1. The monoisotopic (exact) mass is 405 g/mol. The van der Waals surface area contributed by atoms with Crippen molar-refractivity contribution in [3.63, 3.8) is 0 Å². The van der Waals surface area contributed by atoms with Crippen LogP contribution in [0.25, 0.3) is 11.0 Å². The number of carbonyl (C=O) groups excluding carboxylic acids is 1. The van der Waals surface area contributed by atoms with E-state index < -0.39 is 0 Å². The van der Waals surface area contributed by atoms with Gasteiger partial charge in [-0.15, -0.1) is 0 Å². The van der Waals surface area contributed by atoms with Gasteiger partial charge in [-0.05, 0) is 42.7 Å². The van der Waals surface area contributed by atoms with Gasteiger partial charge in [-0.25, -0.2) is 4.98 Å². The van der Waals surface area contributed by atoms with Crippen LogP contribution >= 0.6 is 11.8 Å². The number of para-hydroxylation sites is 2. The molecule has 0 radical (unpaired) electrons. The van der Waals surface area contributed by atoms with E-state index in [0.29, 0.717) is 17.4 Å². The molecule has 2 N–H and O–H groups in total. The lowest BCUT2D eigenvalue weighted by Crippen LogP contribution is -2.22. The third-order valence-electron chi connectivity index (χ3n) is 4.79. The van der Waals surface area contributed by atoms with E-state index in [1.807, 2.05) is 48.5 Å². The number of nitrogens with zero attached hydrogens (tertiary/aromatic N) is 3. The van der Waals surface area contributed by atoms with Crippen LogP contribution < -0.4 is 5.32 Å². The molecule has 0 bridgehead atoms. The predicted molar refractivity (Wildman–Crippen MR) is 110 cm³/mol. The Labute approximate surface area is 171 Å². The summed E-state index contributed by atoms with van der Waals surface area (Å²) in [6.45, 7) is 0.238. The van der Waals surface area contributed by atoms with Crippen molar-refractivity contribution in [3.05, 3.63) is 71.4 Å². The Kier molecular flexibility index (Phi) is 4.77. The molecule has 0 unspecified atom stereocenters. The maximum absolute atomic E-state index is 12.3. The fraction of sp³-hybridized carbons (Fsp3) is 0.238. The van der Waals surface area contributed by atoms with Crippen LogP contribution in [0.4, 0.5) is 0 Å². The molecule has 0 saturated heterocycles. The average Bonchev–Trinajstić information content (AvgIpc) is 3.34. The third-order valence-corrected chi connectivity index (χ3v) is 5.73. The minimum absolute atomic E-state index is 0.160. The molecule has 1 aliphatic carbocycles. The molecule has 8 heteroatoms. The second-order valence-electron chi connectivity index (χ2n) is 7.05. The standard InChI is InChI=1S/C21H19N5O2S/c27-20(22-11-18-25-19(26-28-18)14-9-10-14)15-7-5-13(6-8-15)12-29-21-23-16-3-1-2-4-17(16)24-21/h1-8,14H,9-12H2,(H,22,27)(H,23,24). The lowest BCUT2D eigenvalue weighted by Gasteiger charge is -2.04. The summed E-state index contributed by atoms with van der Waals surface area (Å²) in [5, 5.41) is 7.66. The highest BCUT2D eigenvalue weighted by Crippen LogP contribution is 2.38. The van der Waals surface area contributed by atoms with E-state index in [-0.39, 0.29) is 12.5 Å². The molecule has 0 aliphatic heterocycles. The Morgan fingerprint density at radius 3 is 2.76 bits per heavy atom. The van der Waals surface area contributed by atoms with Gasteiger partial charge >= 0.3 is 0 Å². The van der Waals surface area contributed by atoms with Gasteiger partial charge in [-0.2, -0.15) is 4.98 Å². The zero-order chi connectivity index (χ0) is 19.6. The molecule has 2 aromatic heterocycles. The van der Waals surface area contributed by atoms with E-state index in [1.54, 1.807) is 11.8 Å². The van der Waals surface area contributed by atoms with Crippen LogP contribution in [0.2, 0.25) is 0 Å². The Bertz CT molecular complexity index is 1110. The molecule has 1 saturated carbocycles. The van der Waals surface area contributed by atoms with Gasteiger partial charge in [0.05, 0.1) is 17.6 Å². The molecule has 1 fully saturated rings. The van der Waals surface area contributed by atoms with Crippen LogP contribution in [-0.2, 0) is 12.3 Å². The van der Waals surface area contributed by atoms with Crippen molar-refractivity contribution >= 4 is 28.7 Å². The minimum atomic E-state index is -0.160. The van der Waals surface area contributed by atoms with Gasteiger partial charge in [0.2, 0.25) is 5.89 Å². The van der Waals surface area contributed by atoms with E-state index >= 15 is 0 Å². The number of fused-ring (bicyclic) bond motifs is 1. The molecule has 2 heterocycles. The van der Waals surface area contributed by atoms with Gasteiger partial charge < -0.3 is 14.8 Å². The highest BCUT2D eigenvalue weighted by molar-refractivity contribution is 7.98. The quantitative estimate of drug-likeness (QED) is 0.450. The number of aromatic amines is 1. The number of carbonyl (C=O) groups is 1. The molecule has 5 rings (SSSR count). The van der Waals surface area contributed by atoms with Gasteiger partial charge in [0.1, 0.15) is 0 Å². The molecule has 0 atom stereocenters. The van der Waals surface area contributed by atoms with E-state index in [4.69, 9.17) is 4.52 Å². The zero-order valence-corrected chi connectivity index (χ0v) is 16.4. The summed E-state index contributed by atoms with van der Waals surface area (Å²) in [5.41, 5.74) is 3.72. The van der Waals surface area contributed by atoms with Gasteiger partial charge in [-0.3, -0.25) is 4.79 Å². The minimum Gasteiger partial charge on any atom is -0.343 e. The molecule has 146 valence electrons. The number of rotatable bonds is 7. The summed E-state index contributed by atoms with van der Waals surface area (Å²) >= 11 is 1.64. The van der Waals surface area contributed by atoms with Crippen molar-refractivity contribution in [2.75, 3.05) is 0 Å². The van der Waals surface area contributed by atoms with E-state index in [1.165, 1.54) is 0 Å². The Morgan fingerprint density at radius 1 is 1.14 bits per heavy atom. The molecule has 1 amide bonds. The third kappa shape index (κ3) is 4.17. The first-order valence-electron chi connectivity index (χ1n) is 9.52. The van der Waals surface area contributed by atoms with Gasteiger partial charge in [0.25, 0.3) is 5.91 Å². The summed E-state index contributed by atoms with van der Waals surface area (Å²) in [4.78, 5) is 24.5. The molecule has 4 aromatic rings. The Morgan fingerprint density at radius 2 is 1.97 bits per heavy atom. The van der Waals surface area contributed by atoms with Crippen molar-refractivity contribution in [1.29, 1.82) is 0 Å². The average molecular weight is 405 g/mol. The van der Waals surface area contributed by atoms with Crippen molar-refractivity contribution in [3.8, 4) is 0 Å². The first kappa shape index (κ1) is 17.9. The molecule has 7 nitrogen and oxygen atoms in total. The largest absolute Gasteiger partial charge is 0.343 e. The van der Waals surface area contributed by atoms with Crippen LogP contribution in [-0.4, -0.2) is 26.0 Å². The molecular formula is C21H19N5O2S. The highest BCUT2D eigenvalue weighted by atomic mass is 32.2. The summed E-state index contributed by atoms with van der Waals surface area (Å²) < 4.78 is 5.18. The number of thioether (sulfide) groups is 1. The molecule has 0 spiro atoms. The van der Waals surface area contributed by atoms with E-state index in [0.717, 1.165) is 46.2 Å². The van der Waals surface area contributed by atoms with Gasteiger partial charge in [0.15, 0.2) is 11.0 Å². The first-order valence-corrected chi connectivity index (χ1v) is 10.5. The van der Waals surface area contributed by atoms with Crippen LogP contribution in [0.5, 0.6) is 0 Å². The van der Waals surface area contributed by atoms with Crippen molar-refractivity contribution in [1.82, 2.24) is 25.4 Å². The van der Waals surface area contributed by atoms with Crippen molar-refractivity contribution in [2.24, 2.45) is 0 Å². The second kappa shape index (κ2) is 7.71. The smallest absolute Gasteiger partial charge is 0.251 e. The zero-order valence-electron chi connectivity index (χ0n) is 15.6. The summed E-state index contributed by atoms with van der Waals surface area (Å²) in [7, 11) is 0. The summed E-state index contributed by atoms with van der Waals surface area (Å²) in [5.74, 6) is 2.24. The highest BCUT2D eigenvalue weighted by Gasteiger charge is 2.28. The lowest BCUT2D eigenvalue weighted by molar-refractivity contribution is 0.0946. The first-order chi connectivity index (χ1) is 14.2. The summed E-state index contributed by atoms with van der Waals surface area (Å²) in [6, 6.07) is 15.5. The van der Waals surface area contributed by atoms with Gasteiger partial charge in [0, 0.05) is 17.2 Å². The Hall–Kier alpha value is -3.13. The number of hydrogen-bond acceptors (Lipinski definition) is 6. The van der Waals surface area contributed by atoms with Crippen molar-refractivity contribution in [2.45, 2.75) is 36.2 Å². The maximum atomic E-state index is 12.3. The molecular weight excluding hydrogens is 386 g/mol. The topological polar surface area (TPSA) is 96.7 Å². The van der Waals surface area contributed by atoms with E-state index in [9.17, 15) is 4.79 Å². The molecule has 29 heavy (non-hydrogen) atoms. The Balaban J connectivity index is 1.15. The summed E-state index contributed by atoms with van der Waals surface area (Å²) in [6.07, 6.45) is 2.23. The number of amides is 1. The second-order valence-corrected chi connectivity index (χ2v) is 8.01. The molecule has 1 aliphatic rings. The number of hydrogen-bond donors (Lipinski definition) is 2. The van der Waals surface area contributed by atoms with Gasteiger partial charge in [-0.1, -0.05) is 41.2 Å². The van der Waals surface area contributed by atoms with E-state index in [2.05, 4.69) is 25.4 Å². The fourth-order valence-corrected chi connectivity index (χ4v) is 3.85. The molecule has 2 aromatic carbocycles. The maximum Gasteiger partial charge on any atom is 0.251 e. The number of nitrogens with one attached hydrogen (secondary N) is 2. The number of benzene rings is 2. The number of aromatic nitrogens is 4. The van der Waals surface area contributed by atoms with Crippen LogP contribution in [0, 0.1) is 0 Å². The lowest BCUT2D eigenvalue weighted by atomic mass is 10.1. The van der Waals surface area contributed by atoms with Crippen molar-refractivity contribution < 1.29 is 9.32 Å². The predicted octanol–water partition coefficient (Wildman–Crippen LogP) is 4.05. The van der Waals surface area contributed by atoms with Crippen LogP contribution in [0.15, 0.2) is 58.2 Å². The number of imidazole rings is 1. The van der Waals surface area contributed by atoms with Crippen LogP contribution in [0.3, 0.4) is 0 Å². The fourth-order valence-electron chi connectivity index (χ4n) is 3.01. The van der Waals surface area contributed by atoms with Crippen LogP contribution in [0.1, 0.15) is 46.4 Å². The SMILES string of the molecule is O=C(NCc1nc(C2CC2)no1)c1ccc(CSc2nc3ccccc3[nH]2)cc1. The normalized spacial score (nSPS) is 13.7.